The number of aliphatic hydroxyl groups excluding tert-OH is 1. The normalized spacial score (nSPS) is 17.2. The van der Waals surface area contributed by atoms with Crippen LogP contribution in [0.4, 0.5) is 0 Å². The summed E-state index contributed by atoms with van der Waals surface area (Å²) < 4.78 is 5.49. The predicted octanol–water partition coefficient (Wildman–Crippen LogP) is 3.53. The van der Waals surface area contributed by atoms with E-state index in [2.05, 4.69) is 0 Å². The lowest BCUT2D eigenvalue weighted by molar-refractivity contribution is 0.119. The summed E-state index contributed by atoms with van der Waals surface area (Å²) in [6.07, 6.45) is 2.72. The predicted molar refractivity (Wildman–Crippen MR) is 65.3 cm³/mol. The molecule has 1 aromatic carbocycles. The number of rotatable bonds is 5. The summed E-state index contributed by atoms with van der Waals surface area (Å²) in [5.41, 5.74) is 0. The van der Waals surface area contributed by atoms with Gasteiger partial charge < -0.3 is 9.84 Å². The van der Waals surface area contributed by atoms with E-state index < -0.39 is 0 Å². The summed E-state index contributed by atoms with van der Waals surface area (Å²) >= 11 is 11.7. The Labute approximate surface area is 105 Å². The van der Waals surface area contributed by atoms with E-state index in [1.807, 2.05) is 0 Å². The second-order valence-electron chi connectivity index (χ2n) is 4.15. The SMILES string of the molecule is OC(CCOc1cc(Cl)cc(Cl)c1)C1CC1. The number of ether oxygens (including phenoxy) is 1. The molecule has 2 nitrogen and oxygen atoms in total. The molecule has 1 aromatic rings. The van der Waals surface area contributed by atoms with Gasteiger partial charge in [0.15, 0.2) is 0 Å². The van der Waals surface area contributed by atoms with Crippen molar-refractivity contribution in [2.45, 2.75) is 25.4 Å². The van der Waals surface area contributed by atoms with Crippen molar-refractivity contribution in [3.05, 3.63) is 28.2 Å². The quantitative estimate of drug-likeness (QED) is 0.878. The third-order valence-corrected chi connectivity index (χ3v) is 3.12. The molecule has 2 rings (SSSR count). The van der Waals surface area contributed by atoms with E-state index in [1.165, 1.54) is 0 Å². The van der Waals surface area contributed by atoms with Crippen LogP contribution in [-0.4, -0.2) is 17.8 Å². The van der Waals surface area contributed by atoms with Gasteiger partial charge in [-0.2, -0.15) is 0 Å². The van der Waals surface area contributed by atoms with Crippen molar-refractivity contribution < 1.29 is 9.84 Å². The topological polar surface area (TPSA) is 29.5 Å². The lowest BCUT2D eigenvalue weighted by atomic mass is 10.2. The number of hydrogen-bond donors (Lipinski definition) is 1. The highest BCUT2D eigenvalue weighted by Crippen LogP contribution is 2.34. The molecule has 1 unspecified atom stereocenters. The molecule has 1 N–H and O–H groups in total. The number of hydrogen-bond acceptors (Lipinski definition) is 2. The lowest BCUT2D eigenvalue weighted by Gasteiger charge is -2.10. The van der Waals surface area contributed by atoms with Crippen LogP contribution >= 0.6 is 23.2 Å². The van der Waals surface area contributed by atoms with Gasteiger partial charge in [-0.25, -0.2) is 0 Å². The van der Waals surface area contributed by atoms with Gasteiger partial charge in [0, 0.05) is 16.5 Å². The van der Waals surface area contributed by atoms with Crippen LogP contribution < -0.4 is 4.74 Å². The van der Waals surface area contributed by atoms with E-state index in [0.29, 0.717) is 34.7 Å². The van der Waals surface area contributed by atoms with Crippen molar-refractivity contribution >= 4 is 23.2 Å². The molecular weight excluding hydrogens is 247 g/mol. The fourth-order valence-electron chi connectivity index (χ4n) is 1.63. The molecule has 1 aliphatic rings. The molecule has 0 aromatic heterocycles. The molecule has 0 amide bonds. The first kappa shape index (κ1) is 12.0. The first-order chi connectivity index (χ1) is 7.65. The van der Waals surface area contributed by atoms with E-state index in [4.69, 9.17) is 27.9 Å². The minimum Gasteiger partial charge on any atom is -0.493 e. The molecule has 0 spiro atoms. The summed E-state index contributed by atoms with van der Waals surface area (Å²) in [4.78, 5) is 0. The Morgan fingerprint density at radius 2 is 1.88 bits per heavy atom. The fourth-order valence-corrected chi connectivity index (χ4v) is 2.13. The monoisotopic (exact) mass is 260 g/mol. The van der Waals surface area contributed by atoms with Crippen molar-refractivity contribution in [1.82, 2.24) is 0 Å². The van der Waals surface area contributed by atoms with Gasteiger partial charge in [-0.1, -0.05) is 23.2 Å². The molecule has 16 heavy (non-hydrogen) atoms. The Morgan fingerprint density at radius 1 is 1.25 bits per heavy atom. The van der Waals surface area contributed by atoms with Gasteiger partial charge in [0.2, 0.25) is 0 Å². The maximum Gasteiger partial charge on any atom is 0.122 e. The minimum absolute atomic E-state index is 0.227. The smallest absolute Gasteiger partial charge is 0.122 e. The van der Waals surface area contributed by atoms with Crippen LogP contribution in [0.1, 0.15) is 19.3 Å². The summed E-state index contributed by atoms with van der Waals surface area (Å²) in [6.45, 7) is 0.494. The van der Waals surface area contributed by atoms with Crippen LogP contribution in [-0.2, 0) is 0 Å². The molecule has 1 aliphatic carbocycles. The molecule has 0 bridgehead atoms. The molecule has 4 heteroatoms. The summed E-state index contributed by atoms with van der Waals surface area (Å²) in [5.74, 6) is 1.15. The van der Waals surface area contributed by atoms with Crippen molar-refractivity contribution in [1.29, 1.82) is 0 Å². The zero-order valence-electron chi connectivity index (χ0n) is 8.83. The van der Waals surface area contributed by atoms with E-state index in [0.717, 1.165) is 12.8 Å². The molecule has 1 saturated carbocycles. The highest BCUT2D eigenvalue weighted by Gasteiger charge is 2.29. The molecule has 0 aliphatic heterocycles. The Hall–Kier alpha value is -0.440. The largest absolute Gasteiger partial charge is 0.493 e. The summed E-state index contributed by atoms with van der Waals surface area (Å²) in [7, 11) is 0. The van der Waals surface area contributed by atoms with Crippen LogP contribution in [0.15, 0.2) is 18.2 Å². The minimum atomic E-state index is -0.227. The maximum atomic E-state index is 9.64. The molecule has 88 valence electrons. The lowest BCUT2D eigenvalue weighted by Crippen LogP contribution is -2.13. The molecule has 1 atom stereocenters. The second kappa shape index (κ2) is 5.26. The standard InChI is InChI=1S/C12H14Cl2O2/c13-9-5-10(14)7-11(6-9)16-4-3-12(15)8-1-2-8/h5-8,12,15H,1-4H2. The number of aliphatic hydroxyl groups is 1. The van der Waals surface area contributed by atoms with Crippen molar-refractivity contribution in [2.75, 3.05) is 6.61 Å². The number of benzene rings is 1. The first-order valence-corrected chi connectivity index (χ1v) is 6.18. The molecule has 1 fully saturated rings. The van der Waals surface area contributed by atoms with E-state index in [9.17, 15) is 5.11 Å². The van der Waals surface area contributed by atoms with E-state index >= 15 is 0 Å². The highest BCUT2D eigenvalue weighted by atomic mass is 35.5. The highest BCUT2D eigenvalue weighted by molar-refractivity contribution is 6.34. The Morgan fingerprint density at radius 3 is 2.44 bits per heavy atom. The molecular formula is C12H14Cl2O2. The van der Waals surface area contributed by atoms with Gasteiger partial charge in [-0.05, 0) is 37.0 Å². The zero-order valence-corrected chi connectivity index (χ0v) is 10.3. The Balaban J connectivity index is 1.79. The van der Waals surface area contributed by atoms with Gasteiger partial charge in [-0.15, -0.1) is 0 Å². The van der Waals surface area contributed by atoms with Crippen molar-refractivity contribution in [2.24, 2.45) is 5.92 Å². The van der Waals surface area contributed by atoms with Gasteiger partial charge >= 0.3 is 0 Å². The fraction of sp³-hybridized carbons (Fsp3) is 0.500. The third-order valence-electron chi connectivity index (χ3n) is 2.68. The van der Waals surface area contributed by atoms with Crippen LogP contribution in [0.2, 0.25) is 10.0 Å². The average molecular weight is 261 g/mol. The van der Waals surface area contributed by atoms with Crippen LogP contribution in [0.5, 0.6) is 5.75 Å². The third kappa shape index (κ3) is 3.55. The summed E-state index contributed by atoms with van der Waals surface area (Å²) in [6, 6.07) is 5.10. The van der Waals surface area contributed by atoms with Gasteiger partial charge in [0.05, 0.1) is 12.7 Å². The van der Waals surface area contributed by atoms with Gasteiger partial charge in [0.25, 0.3) is 0 Å². The average Bonchev–Trinajstić information content (AvgIpc) is 2.98. The molecule has 0 radical (unpaired) electrons. The Kier molecular flexibility index (Phi) is 3.95. The van der Waals surface area contributed by atoms with Crippen LogP contribution in [0.3, 0.4) is 0 Å². The number of halogens is 2. The van der Waals surface area contributed by atoms with Gasteiger partial charge in [-0.3, -0.25) is 0 Å². The Bertz CT molecular complexity index is 344. The molecule has 0 heterocycles. The summed E-state index contributed by atoms with van der Waals surface area (Å²) in [5, 5.41) is 10.8. The van der Waals surface area contributed by atoms with E-state index in [-0.39, 0.29) is 6.10 Å². The molecule has 0 saturated heterocycles. The van der Waals surface area contributed by atoms with Gasteiger partial charge in [0.1, 0.15) is 5.75 Å². The van der Waals surface area contributed by atoms with E-state index in [1.54, 1.807) is 18.2 Å². The zero-order chi connectivity index (χ0) is 11.5. The second-order valence-corrected chi connectivity index (χ2v) is 5.02. The first-order valence-electron chi connectivity index (χ1n) is 5.42. The van der Waals surface area contributed by atoms with Crippen molar-refractivity contribution in [3.63, 3.8) is 0 Å². The maximum absolute atomic E-state index is 9.64. The van der Waals surface area contributed by atoms with Crippen LogP contribution in [0, 0.1) is 5.92 Å². The van der Waals surface area contributed by atoms with Crippen LogP contribution in [0.25, 0.3) is 0 Å². The van der Waals surface area contributed by atoms with Crippen molar-refractivity contribution in [3.8, 4) is 5.75 Å².